The van der Waals surface area contributed by atoms with E-state index in [4.69, 9.17) is 15.2 Å². The lowest BCUT2D eigenvalue weighted by atomic mass is 9.99. The second-order valence-corrected chi connectivity index (χ2v) is 4.65. The van der Waals surface area contributed by atoms with Crippen molar-refractivity contribution in [2.24, 2.45) is 5.73 Å². The van der Waals surface area contributed by atoms with Crippen LogP contribution in [0.15, 0.2) is 12.1 Å². The minimum Gasteiger partial charge on any atom is -0.497 e. The average Bonchev–Trinajstić information content (AvgIpc) is 2.99. The average molecular weight is 221 g/mol. The maximum atomic E-state index is 6.15. The van der Waals surface area contributed by atoms with Gasteiger partial charge >= 0.3 is 0 Å². The van der Waals surface area contributed by atoms with Crippen molar-refractivity contribution in [3.8, 4) is 11.5 Å². The predicted molar refractivity (Wildman–Crippen MR) is 64.1 cm³/mol. The van der Waals surface area contributed by atoms with E-state index in [0.717, 1.165) is 30.8 Å². The molecule has 0 heterocycles. The molecule has 1 aromatic rings. The normalized spacial score (nSPS) is 17.0. The molecule has 0 radical (unpaired) electrons. The summed E-state index contributed by atoms with van der Waals surface area (Å²) in [5.74, 6) is 1.71. The summed E-state index contributed by atoms with van der Waals surface area (Å²) in [6.07, 6.45) is 3.14. The third-order valence-corrected chi connectivity index (χ3v) is 3.33. The van der Waals surface area contributed by atoms with Crippen molar-refractivity contribution in [3.05, 3.63) is 23.3 Å². The minimum absolute atomic E-state index is 0.0160. The number of nitrogens with two attached hydrogens (primary N) is 1. The summed E-state index contributed by atoms with van der Waals surface area (Å²) in [6.45, 7) is 2.07. The van der Waals surface area contributed by atoms with Crippen molar-refractivity contribution in [2.75, 3.05) is 14.2 Å². The zero-order valence-corrected chi connectivity index (χ0v) is 10.2. The van der Waals surface area contributed by atoms with Gasteiger partial charge in [-0.05, 0) is 43.4 Å². The van der Waals surface area contributed by atoms with E-state index in [-0.39, 0.29) is 5.54 Å². The molecule has 1 saturated carbocycles. The smallest absolute Gasteiger partial charge is 0.125 e. The highest BCUT2D eigenvalue weighted by Gasteiger charge is 2.38. The first-order chi connectivity index (χ1) is 7.58. The molecule has 2 rings (SSSR count). The molecule has 1 aromatic carbocycles. The Morgan fingerprint density at radius 2 is 1.94 bits per heavy atom. The fourth-order valence-electron chi connectivity index (χ4n) is 1.95. The van der Waals surface area contributed by atoms with Crippen LogP contribution in [0.4, 0.5) is 0 Å². The Kier molecular flexibility index (Phi) is 2.80. The maximum Gasteiger partial charge on any atom is 0.125 e. The first kappa shape index (κ1) is 11.3. The van der Waals surface area contributed by atoms with Gasteiger partial charge in [-0.2, -0.15) is 0 Å². The van der Waals surface area contributed by atoms with E-state index in [0.29, 0.717) is 0 Å². The Balaban J connectivity index is 2.34. The van der Waals surface area contributed by atoms with Crippen molar-refractivity contribution >= 4 is 0 Å². The summed E-state index contributed by atoms with van der Waals surface area (Å²) < 4.78 is 10.6. The predicted octanol–water partition coefficient (Wildman–Crippen LogP) is 2.05. The minimum atomic E-state index is 0.0160. The number of ether oxygens (including phenoxy) is 2. The van der Waals surface area contributed by atoms with Gasteiger partial charge in [-0.3, -0.25) is 0 Å². The summed E-state index contributed by atoms with van der Waals surface area (Å²) in [5.41, 5.74) is 8.56. The van der Waals surface area contributed by atoms with E-state index in [1.807, 2.05) is 6.07 Å². The molecule has 88 valence electrons. The van der Waals surface area contributed by atoms with Crippen LogP contribution in [0.2, 0.25) is 0 Å². The molecule has 0 unspecified atom stereocenters. The van der Waals surface area contributed by atoms with Gasteiger partial charge in [-0.15, -0.1) is 0 Å². The van der Waals surface area contributed by atoms with E-state index in [9.17, 15) is 0 Å². The van der Waals surface area contributed by atoms with Gasteiger partial charge in [-0.25, -0.2) is 0 Å². The molecule has 1 fully saturated rings. The number of hydrogen-bond donors (Lipinski definition) is 1. The molecular formula is C13H19NO2. The first-order valence-corrected chi connectivity index (χ1v) is 5.58. The Morgan fingerprint density at radius 3 is 2.44 bits per heavy atom. The van der Waals surface area contributed by atoms with Gasteiger partial charge in [-0.1, -0.05) is 0 Å². The SMILES string of the molecule is COc1cc(CC2(N)CC2)c(C)c(OC)c1. The summed E-state index contributed by atoms with van der Waals surface area (Å²) in [7, 11) is 3.35. The Hall–Kier alpha value is -1.22. The van der Waals surface area contributed by atoms with E-state index in [1.165, 1.54) is 11.1 Å². The fourth-order valence-corrected chi connectivity index (χ4v) is 1.95. The van der Waals surface area contributed by atoms with Gasteiger partial charge in [0, 0.05) is 11.6 Å². The van der Waals surface area contributed by atoms with Gasteiger partial charge in [0.25, 0.3) is 0 Å². The number of hydrogen-bond acceptors (Lipinski definition) is 3. The van der Waals surface area contributed by atoms with Gasteiger partial charge in [0.05, 0.1) is 14.2 Å². The highest BCUT2D eigenvalue weighted by atomic mass is 16.5. The van der Waals surface area contributed by atoms with Gasteiger partial charge < -0.3 is 15.2 Å². The molecule has 3 nitrogen and oxygen atoms in total. The largest absolute Gasteiger partial charge is 0.497 e. The summed E-state index contributed by atoms with van der Waals surface area (Å²) >= 11 is 0. The standard InChI is InChI=1S/C13H19NO2/c1-9-10(8-13(14)4-5-13)6-11(15-2)7-12(9)16-3/h6-7H,4-5,8,14H2,1-3H3. The van der Waals surface area contributed by atoms with Crippen LogP contribution in [0.25, 0.3) is 0 Å². The molecule has 16 heavy (non-hydrogen) atoms. The van der Waals surface area contributed by atoms with Crippen molar-refractivity contribution in [2.45, 2.75) is 31.7 Å². The number of benzene rings is 1. The van der Waals surface area contributed by atoms with Crippen LogP contribution in [0.5, 0.6) is 11.5 Å². The lowest BCUT2D eigenvalue weighted by Crippen LogP contribution is -2.25. The molecule has 0 atom stereocenters. The van der Waals surface area contributed by atoms with Gasteiger partial charge in [0.1, 0.15) is 11.5 Å². The van der Waals surface area contributed by atoms with Gasteiger partial charge in [0.2, 0.25) is 0 Å². The van der Waals surface area contributed by atoms with E-state index in [2.05, 4.69) is 13.0 Å². The lowest BCUT2D eigenvalue weighted by molar-refractivity contribution is 0.391. The highest BCUT2D eigenvalue weighted by Crippen LogP contribution is 2.38. The van der Waals surface area contributed by atoms with Crippen LogP contribution >= 0.6 is 0 Å². The van der Waals surface area contributed by atoms with Crippen LogP contribution in [-0.4, -0.2) is 19.8 Å². The third-order valence-electron chi connectivity index (χ3n) is 3.33. The molecule has 2 N–H and O–H groups in total. The van der Waals surface area contributed by atoms with Crippen LogP contribution < -0.4 is 15.2 Å². The van der Waals surface area contributed by atoms with Gasteiger partial charge in [0.15, 0.2) is 0 Å². The molecule has 0 spiro atoms. The maximum absolute atomic E-state index is 6.15. The Morgan fingerprint density at radius 1 is 1.25 bits per heavy atom. The lowest BCUT2D eigenvalue weighted by Gasteiger charge is -2.15. The van der Waals surface area contributed by atoms with E-state index >= 15 is 0 Å². The molecular weight excluding hydrogens is 202 g/mol. The van der Waals surface area contributed by atoms with Crippen LogP contribution in [-0.2, 0) is 6.42 Å². The van der Waals surface area contributed by atoms with E-state index < -0.39 is 0 Å². The van der Waals surface area contributed by atoms with Crippen LogP contribution in [0.3, 0.4) is 0 Å². The zero-order valence-electron chi connectivity index (χ0n) is 10.2. The molecule has 1 aliphatic rings. The molecule has 0 amide bonds. The Labute approximate surface area is 96.5 Å². The quantitative estimate of drug-likeness (QED) is 0.846. The topological polar surface area (TPSA) is 44.5 Å². The Bertz CT molecular complexity index is 397. The van der Waals surface area contributed by atoms with Crippen molar-refractivity contribution in [1.29, 1.82) is 0 Å². The van der Waals surface area contributed by atoms with Crippen LogP contribution in [0, 0.1) is 6.92 Å². The number of methoxy groups -OCH3 is 2. The number of rotatable bonds is 4. The summed E-state index contributed by atoms with van der Waals surface area (Å²) in [4.78, 5) is 0. The van der Waals surface area contributed by atoms with Crippen molar-refractivity contribution < 1.29 is 9.47 Å². The summed E-state index contributed by atoms with van der Waals surface area (Å²) in [5, 5.41) is 0. The molecule has 0 aromatic heterocycles. The highest BCUT2D eigenvalue weighted by molar-refractivity contribution is 5.46. The monoisotopic (exact) mass is 221 g/mol. The molecule has 3 heteroatoms. The zero-order chi connectivity index (χ0) is 11.8. The molecule has 0 bridgehead atoms. The van der Waals surface area contributed by atoms with Crippen LogP contribution in [0.1, 0.15) is 24.0 Å². The molecule has 1 aliphatic carbocycles. The van der Waals surface area contributed by atoms with Crippen molar-refractivity contribution in [3.63, 3.8) is 0 Å². The molecule has 0 aliphatic heterocycles. The van der Waals surface area contributed by atoms with E-state index in [1.54, 1.807) is 14.2 Å². The fraction of sp³-hybridized carbons (Fsp3) is 0.538. The second kappa shape index (κ2) is 3.98. The summed E-state index contributed by atoms with van der Waals surface area (Å²) in [6, 6.07) is 3.97. The molecule has 0 saturated heterocycles. The third kappa shape index (κ3) is 2.14. The first-order valence-electron chi connectivity index (χ1n) is 5.58. The van der Waals surface area contributed by atoms with Crippen molar-refractivity contribution in [1.82, 2.24) is 0 Å². The second-order valence-electron chi connectivity index (χ2n) is 4.65.